The van der Waals surface area contributed by atoms with Crippen molar-refractivity contribution in [2.24, 2.45) is 0 Å². The lowest BCUT2D eigenvalue weighted by atomic mass is 10.1. The van der Waals surface area contributed by atoms with Crippen LogP contribution in [0.25, 0.3) is 0 Å². The van der Waals surface area contributed by atoms with Gasteiger partial charge in [0.2, 0.25) is 0 Å². The monoisotopic (exact) mass is 538 g/mol. The SMILES string of the molecule is CC(C)c1cnc(C#N)cn1.CC(C)c1cnccn1.CC(C)c1ncccn1.CC(C)c1nccnc1C#N. The average molecular weight is 539 g/mol. The highest BCUT2D eigenvalue weighted by atomic mass is 14.9. The van der Waals surface area contributed by atoms with E-state index in [9.17, 15) is 0 Å². The van der Waals surface area contributed by atoms with Crippen LogP contribution in [0.2, 0.25) is 0 Å². The summed E-state index contributed by atoms with van der Waals surface area (Å²) < 4.78 is 0. The van der Waals surface area contributed by atoms with Gasteiger partial charge in [0, 0.05) is 49.3 Å². The Balaban J connectivity index is 0.000000268. The summed E-state index contributed by atoms with van der Waals surface area (Å²) in [5.41, 5.74) is 3.55. The Hall–Kier alpha value is -4.70. The summed E-state index contributed by atoms with van der Waals surface area (Å²) in [7, 11) is 0. The van der Waals surface area contributed by atoms with Crippen LogP contribution in [0.5, 0.6) is 0 Å². The number of hydrogen-bond acceptors (Lipinski definition) is 10. The van der Waals surface area contributed by atoms with Crippen LogP contribution < -0.4 is 0 Å². The molecular weight excluding hydrogens is 500 g/mol. The Morgan fingerprint density at radius 2 is 1.12 bits per heavy atom. The van der Waals surface area contributed by atoms with Gasteiger partial charge in [-0.1, -0.05) is 55.4 Å². The molecule has 0 aliphatic rings. The van der Waals surface area contributed by atoms with Crippen LogP contribution in [0.15, 0.2) is 61.8 Å². The number of nitriles is 2. The van der Waals surface area contributed by atoms with Crippen molar-refractivity contribution in [2.75, 3.05) is 0 Å². The Morgan fingerprint density at radius 1 is 0.525 bits per heavy atom. The van der Waals surface area contributed by atoms with Gasteiger partial charge in [-0.2, -0.15) is 10.5 Å². The molecule has 10 nitrogen and oxygen atoms in total. The third-order valence-corrected chi connectivity index (χ3v) is 5.03. The van der Waals surface area contributed by atoms with Crippen LogP contribution >= 0.6 is 0 Å². The van der Waals surface area contributed by atoms with Gasteiger partial charge in [-0.25, -0.2) is 19.9 Å². The Bertz CT molecular complexity index is 1270. The quantitative estimate of drug-likeness (QED) is 0.296. The predicted octanol–water partition coefficient (Wildman–Crippen LogP) is 6.14. The van der Waals surface area contributed by atoms with Crippen molar-refractivity contribution in [3.63, 3.8) is 0 Å². The van der Waals surface area contributed by atoms with Crippen molar-refractivity contribution in [1.29, 1.82) is 10.5 Å². The topological polar surface area (TPSA) is 151 Å². The van der Waals surface area contributed by atoms with E-state index in [2.05, 4.69) is 67.6 Å². The fourth-order valence-corrected chi connectivity index (χ4v) is 2.77. The first-order valence-electron chi connectivity index (χ1n) is 13.1. The lowest BCUT2D eigenvalue weighted by molar-refractivity contribution is 0.774. The normalized spacial score (nSPS) is 9.85. The van der Waals surface area contributed by atoms with E-state index in [1.165, 1.54) is 12.4 Å². The number of nitrogens with zero attached hydrogens (tertiary/aromatic N) is 10. The van der Waals surface area contributed by atoms with E-state index in [4.69, 9.17) is 10.5 Å². The molecule has 0 unspecified atom stereocenters. The third-order valence-electron chi connectivity index (χ3n) is 5.03. The minimum absolute atomic E-state index is 0.262. The first-order valence-corrected chi connectivity index (χ1v) is 13.1. The van der Waals surface area contributed by atoms with Crippen LogP contribution in [0.1, 0.15) is 113 Å². The van der Waals surface area contributed by atoms with Crippen LogP contribution in [0.4, 0.5) is 0 Å². The molecule has 0 aliphatic heterocycles. The first kappa shape index (κ1) is 33.3. The molecule has 0 radical (unpaired) electrons. The molecule has 4 aromatic rings. The molecule has 0 saturated heterocycles. The van der Waals surface area contributed by atoms with E-state index in [-0.39, 0.29) is 5.92 Å². The minimum atomic E-state index is 0.262. The van der Waals surface area contributed by atoms with Gasteiger partial charge in [0.25, 0.3) is 0 Å². The smallest absolute Gasteiger partial charge is 0.162 e. The molecule has 208 valence electrons. The maximum atomic E-state index is 8.61. The van der Waals surface area contributed by atoms with Crippen molar-refractivity contribution in [2.45, 2.75) is 79.1 Å². The molecule has 40 heavy (non-hydrogen) atoms. The number of hydrogen-bond donors (Lipinski definition) is 0. The van der Waals surface area contributed by atoms with E-state index in [0.717, 1.165) is 22.9 Å². The molecular formula is C30H38N10. The zero-order chi connectivity index (χ0) is 29.9. The van der Waals surface area contributed by atoms with E-state index in [1.54, 1.807) is 43.4 Å². The summed E-state index contributed by atoms with van der Waals surface area (Å²) in [6.45, 7) is 16.4. The summed E-state index contributed by atoms with van der Waals surface area (Å²) in [5, 5.41) is 17.0. The van der Waals surface area contributed by atoms with Gasteiger partial charge in [0.1, 0.15) is 18.0 Å². The van der Waals surface area contributed by atoms with Crippen molar-refractivity contribution >= 4 is 0 Å². The maximum Gasteiger partial charge on any atom is 0.162 e. The van der Waals surface area contributed by atoms with Crippen molar-refractivity contribution in [1.82, 2.24) is 39.9 Å². The molecule has 0 spiro atoms. The Morgan fingerprint density at radius 3 is 1.50 bits per heavy atom. The predicted molar refractivity (Wildman–Crippen MR) is 154 cm³/mol. The van der Waals surface area contributed by atoms with Gasteiger partial charge in [0.05, 0.1) is 29.5 Å². The molecule has 0 saturated carbocycles. The number of rotatable bonds is 4. The summed E-state index contributed by atoms with van der Waals surface area (Å²) in [4.78, 5) is 32.1. The van der Waals surface area contributed by atoms with Gasteiger partial charge in [0.15, 0.2) is 11.4 Å². The minimum Gasteiger partial charge on any atom is -0.261 e. The van der Waals surface area contributed by atoms with Crippen molar-refractivity contribution < 1.29 is 0 Å². The average Bonchev–Trinajstić information content (AvgIpc) is 2.99. The molecule has 4 heterocycles. The highest BCUT2D eigenvalue weighted by molar-refractivity contribution is 5.26. The molecule has 4 rings (SSSR count). The van der Waals surface area contributed by atoms with Crippen LogP contribution in [-0.2, 0) is 0 Å². The standard InChI is InChI=1S/2C8H9N3.2C7H10N2/c1-6(2)8-5-10-7(3-9)4-11-8;1-6(2)8-7(5-9)10-3-4-11-8;1-6(2)7-5-8-3-4-9-7;1-6(2)7-8-4-3-5-9-7/h4-6H,1-2H3;3-4,6H,1-2H3;2*3-6H,1-2H3. The molecule has 0 aromatic carbocycles. The van der Waals surface area contributed by atoms with Gasteiger partial charge in [-0.05, 0) is 23.8 Å². The highest BCUT2D eigenvalue weighted by Crippen LogP contribution is 2.12. The second kappa shape index (κ2) is 18.5. The lowest BCUT2D eigenvalue weighted by Gasteiger charge is -2.02. The zero-order valence-corrected chi connectivity index (χ0v) is 24.6. The summed E-state index contributed by atoms with van der Waals surface area (Å²) in [6.07, 6.45) is 15.0. The molecule has 0 atom stereocenters. The van der Waals surface area contributed by atoms with Crippen LogP contribution in [0, 0.1) is 22.7 Å². The first-order chi connectivity index (χ1) is 19.1. The molecule has 4 aromatic heterocycles. The van der Waals surface area contributed by atoms with E-state index >= 15 is 0 Å². The Labute approximate surface area is 237 Å². The molecule has 0 aliphatic carbocycles. The van der Waals surface area contributed by atoms with Crippen LogP contribution in [0.3, 0.4) is 0 Å². The maximum absolute atomic E-state index is 8.61. The summed E-state index contributed by atoms with van der Waals surface area (Å²) in [5.74, 6) is 2.47. The van der Waals surface area contributed by atoms with E-state index < -0.39 is 0 Å². The molecule has 0 amide bonds. The van der Waals surface area contributed by atoms with Gasteiger partial charge in [-0.15, -0.1) is 0 Å². The van der Waals surface area contributed by atoms with E-state index in [0.29, 0.717) is 29.1 Å². The fraction of sp³-hybridized carbons (Fsp3) is 0.400. The second-order valence-electron chi connectivity index (χ2n) is 9.70. The van der Waals surface area contributed by atoms with Crippen molar-refractivity contribution in [3.05, 3.63) is 96.1 Å². The molecule has 10 heteroatoms. The number of aromatic nitrogens is 8. The summed E-state index contributed by atoms with van der Waals surface area (Å²) in [6, 6.07) is 5.75. The molecule has 0 fully saturated rings. The zero-order valence-electron chi connectivity index (χ0n) is 24.6. The third kappa shape index (κ3) is 12.7. The highest BCUT2D eigenvalue weighted by Gasteiger charge is 2.07. The van der Waals surface area contributed by atoms with Gasteiger partial charge < -0.3 is 0 Å². The van der Waals surface area contributed by atoms with Crippen LogP contribution in [-0.4, -0.2) is 39.9 Å². The second-order valence-corrected chi connectivity index (χ2v) is 9.70. The van der Waals surface area contributed by atoms with Crippen molar-refractivity contribution in [3.8, 4) is 12.1 Å². The van der Waals surface area contributed by atoms with Gasteiger partial charge in [-0.3, -0.25) is 19.9 Å². The molecule has 0 N–H and O–H groups in total. The van der Waals surface area contributed by atoms with Gasteiger partial charge >= 0.3 is 0 Å². The largest absolute Gasteiger partial charge is 0.261 e. The summed E-state index contributed by atoms with van der Waals surface area (Å²) >= 11 is 0. The molecule has 0 bridgehead atoms. The Kier molecular flexibility index (Phi) is 15.4. The lowest BCUT2D eigenvalue weighted by Crippen LogP contribution is -1.98. The fourth-order valence-electron chi connectivity index (χ4n) is 2.77. The van der Waals surface area contributed by atoms with E-state index in [1.807, 2.05) is 45.9 Å².